The summed E-state index contributed by atoms with van der Waals surface area (Å²) in [5, 5.41) is 3.48. The molecule has 1 heterocycles. The van der Waals surface area contributed by atoms with Gasteiger partial charge in [-0.2, -0.15) is 0 Å². The Balaban J connectivity index is 2.30. The van der Waals surface area contributed by atoms with Gasteiger partial charge in [0.05, 0.1) is 5.69 Å². The first-order valence-electron chi connectivity index (χ1n) is 7.93. The highest BCUT2D eigenvalue weighted by Crippen LogP contribution is 2.33. The third-order valence-electron chi connectivity index (χ3n) is 4.28. The molecule has 2 rings (SSSR count). The maximum atomic E-state index is 14.4. The lowest BCUT2D eigenvalue weighted by molar-refractivity contribution is 0.470. The Morgan fingerprint density at radius 3 is 2.90 bits per heavy atom. The fourth-order valence-corrected chi connectivity index (χ4v) is 3.09. The van der Waals surface area contributed by atoms with Crippen molar-refractivity contribution in [2.75, 3.05) is 18.0 Å². The third kappa shape index (κ3) is 3.32. The van der Waals surface area contributed by atoms with Crippen LogP contribution in [0.1, 0.15) is 58.1 Å². The van der Waals surface area contributed by atoms with Gasteiger partial charge >= 0.3 is 0 Å². The zero-order valence-electron chi connectivity index (χ0n) is 13.0. The molecule has 20 heavy (non-hydrogen) atoms. The number of hydrogen-bond acceptors (Lipinski definition) is 2. The van der Waals surface area contributed by atoms with Crippen LogP contribution in [0.15, 0.2) is 18.2 Å². The van der Waals surface area contributed by atoms with Gasteiger partial charge in [-0.15, -0.1) is 0 Å². The van der Waals surface area contributed by atoms with E-state index in [9.17, 15) is 4.39 Å². The summed E-state index contributed by atoms with van der Waals surface area (Å²) in [6, 6.07) is 6.10. The minimum absolute atomic E-state index is 0.0820. The van der Waals surface area contributed by atoms with E-state index in [0.717, 1.165) is 43.6 Å². The van der Waals surface area contributed by atoms with Gasteiger partial charge in [0.25, 0.3) is 0 Å². The van der Waals surface area contributed by atoms with E-state index in [1.54, 1.807) is 6.07 Å². The molecule has 1 aliphatic rings. The van der Waals surface area contributed by atoms with Crippen LogP contribution in [0.25, 0.3) is 0 Å². The summed E-state index contributed by atoms with van der Waals surface area (Å²) in [5.41, 5.74) is 1.91. The topological polar surface area (TPSA) is 15.3 Å². The Kier molecular flexibility index (Phi) is 5.41. The fraction of sp³-hybridized carbons (Fsp3) is 0.647. The highest BCUT2D eigenvalue weighted by Gasteiger charge is 2.25. The molecule has 1 fully saturated rings. The number of nitrogens with one attached hydrogen (secondary N) is 1. The van der Waals surface area contributed by atoms with Crippen LogP contribution in [0.3, 0.4) is 0 Å². The minimum Gasteiger partial charge on any atom is -0.366 e. The summed E-state index contributed by atoms with van der Waals surface area (Å²) in [7, 11) is 0. The average molecular weight is 278 g/mol. The lowest BCUT2D eigenvalue weighted by Gasteiger charge is -2.37. The molecule has 0 aliphatic carbocycles. The largest absolute Gasteiger partial charge is 0.366 e. The van der Waals surface area contributed by atoms with Gasteiger partial charge in [-0.05, 0) is 57.7 Å². The molecule has 2 atom stereocenters. The number of para-hydroxylation sites is 1. The number of piperidine rings is 1. The van der Waals surface area contributed by atoms with Gasteiger partial charge in [-0.3, -0.25) is 0 Å². The van der Waals surface area contributed by atoms with Crippen molar-refractivity contribution in [2.45, 2.75) is 58.5 Å². The molecule has 1 aromatic rings. The molecule has 1 aliphatic heterocycles. The molecule has 0 radical (unpaired) electrons. The molecule has 0 saturated carbocycles. The summed E-state index contributed by atoms with van der Waals surface area (Å²) < 4.78 is 14.4. The Bertz CT molecular complexity index is 433. The van der Waals surface area contributed by atoms with Crippen LogP contribution in [-0.4, -0.2) is 19.1 Å². The molecular formula is C17H27FN2. The van der Waals surface area contributed by atoms with Crippen molar-refractivity contribution in [3.63, 3.8) is 0 Å². The summed E-state index contributed by atoms with van der Waals surface area (Å²) in [5.74, 6) is -0.0820. The van der Waals surface area contributed by atoms with Crippen molar-refractivity contribution in [1.29, 1.82) is 0 Å². The smallest absolute Gasteiger partial charge is 0.146 e. The van der Waals surface area contributed by atoms with E-state index < -0.39 is 0 Å². The van der Waals surface area contributed by atoms with Crippen molar-refractivity contribution >= 4 is 5.69 Å². The van der Waals surface area contributed by atoms with Gasteiger partial charge in [0.15, 0.2) is 0 Å². The van der Waals surface area contributed by atoms with E-state index in [1.165, 1.54) is 6.42 Å². The zero-order chi connectivity index (χ0) is 14.5. The maximum absolute atomic E-state index is 14.4. The molecule has 1 saturated heterocycles. The van der Waals surface area contributed by atoms with E-state index in [-0.39, 0.29) is 11.9 Å². The number of halogens is 1. The lowest BCUT2D eigenvalue weighted by Crippen LogP contribution is -2.39. The molecular weight excluding hydrogens is 251 g/mol. The molecule has 1 N–H and O–H groups in total. The quantitative estimate of drug-likeness (QED) is 0.865. The van der Waals surface area contributed by atoms with Crippen LogP contribution < -0.4 is 10.2 Å². The van der Waals surface area contributed by atoms with E-state index >= 15 is 0 Å². The SMILES string of the molecule is CCCNC(C)c1cccc(F)c1N1CCCCC1C. The summed E-state index contributed by atoms with van der Waals surface area (Å²) in [6.45, 7) is 8.42. The van der Waals surface area contributed by atoms with Crippen molar-refractivity contribution in [2.24, 2.45) is 0 Å². The Hall–Kier alpha value is -1.09. The molecule has 0 amide bonds. The first kappa shape index (κ1) is 15.3. The average Bonchev–Trinajstić information content (AvgIpc) is 2.45. The number of benzene rings is 1. The van der Waals surface area contributed by atoms with Crippen LogP contribution in [0.5, 0.6) is 0 Å². The summed E-state index contributed by atoms with van der Waals surface area (Å²) >= 11 is 0. The number of hydrogen-bond donors (Lipinski definition) is 1. The van der Waals surface area contributed by atoms with Crippen LogP contribution in [-0.2, 0) is 0 Å². The van der Waals surface area contributed by atoms with Crippen LogP contribution in [0.2, 0.25) is 0 Å². The van der Waals surface area contributed by atoms with Gasteiger partial charge in [-0.25, -0.2) is 4.39 Å². The van der Waals surface area contributed by atoms with Gasteiger partial charge in [0.2, 0.25) is 0 Å². The Morgan fingerprint density at radius 1 is 1.40 bits per heavy atom. The lowest BCUT2D eigenvalue weighted by atomic mass is 9.98. The first-order chi connectivity index (χ1) is 9.65. The normalized spacial score (nSPS) is 21.0. The predicted molar refractivity (Wildman–Crippen MR) is 83.8 cm³/mol. The maximum Gasteiger partial charge on any atom is 0.146 e. The predicted octanol–water partition coefficient (Wildman–Crippen LogP) is 4.27. The summed E-state index contributed by atoms with van der Waals surface area (Å²) in [6.07, 6.45) is 4.67. The van der Waals surface area contributed by atoms with Gasteiger partial charge in [0.1, 0.15) is 5.82 Å². The Labute approximate surface area is 122 Å². The van der Waals surface area contributed by atoms with E-state index in [1.807, 2.05) is 6.07 Å². The zero-order valence-corrected chi connectivity index (χ0v) is 13.0. The number of anilines is 1. The van der Waals surface area contributed by atoms with E-state index in [4.69, 9.17) is 0 Å². The van der Waals surface area contributed by atoms with Crippen molar-refractivity contribution in [3.05, 3.63) is 29.6 Å². The van der Waals surface area contributed by atoms with Crippen LogP contribution >= 0.6 is 0 Å². The third-order valence-corrected chi connectivity index (χ3v) is 4.28. The standard InChI is InChI=1S/C17H27FN2/c1-4-11-19-14(3)15-9-7-10-16(18)17(15)20-12-6-5-8-13(20)2/h7,9-10,13-14,19H,4-6,8,11-12H2,1-3H3. The van der Waals surface area contributed by atoms with Crippen molar-refractivity contribution < 1.29 is 4.39 Å². The first-order valence-corrected chi connectivity index (χ1v) is 7.93. The Morgan fingerprint density at radius 2 is 2.20 bits per heavy atom. The van der Waals surface area contributed by atoms with Crippen molar-refractivity contribution in [1.82, 2.24) is 5.32 Å². The van der Waals surface area contributed by atoms with Crippen molar-refractivity contribution in [3.8, 4) is 0 Å². The highest BCUT2D eigenvalue weighted by atomic mass is 19.1. The molecule has 2 unspecified atom stereocenters. The molecule has 3 heteroatoms. The van der Waals surface area contributed by atoms with Gasteiger partial charge in [-0.1, -0.05) is 19.1 Å². The second-order valence-electron chi connectivity index (χ2n) is 5.89. The second kappa shape index (κ2) is 7.07. The van der Waals surface area contributed by atoms with E-state index in [0.29, 0.717) is 6.04 Å². The molecule has 2 nitrogen and oxygen atoms in total. The number of nitrogens with zero attached hydrogens (tertiary/aromatic N) is 1. The van der Waals surface area contributed by atoms with E-state index in [2.05, 4.69) is 37.1 Å². The molecule has 0 bridgehead atoms. The number of rotatable bonds is 5. The second-order valence-corrected chi connectivity index (χ2v) is 5.89. The highest BCUT2D eigenvalue weighted by molar-refractivity contribution is 5.57. The molecule has 112 valence electrons. The molecule has 0 spiro atoms. The van der Waals surface area contributed by atoms with Gasteiger partial charge < -0.3 is 10.2 Å². The van der Waals surface area contributed by atoms with Gasteiger partial charge in [0, 0.05) is 18.6 Å². The summed E-state index contributed by atoms with van der Waals surface area (Å²) in [4.78, 5) is 2.26. The minimum atomic E-state index is -0.0820. The molecule has 1 aromatic carbocycles. The van der Waals surface area contributed by atoms with Crippen LogP contribution in [0.4, 0.5) is 10.1 Å². The monoisotopic (exact) mass is 278 g/mol. The fourth-order valence-electron chi connectivity index (χ4n) is 3.09. The molecule has 0 aromatic heterocycles. The van der Waals surface area contributed by atoms with Crippen LogP contribution in [0, 0.1) is 5.82 Å².